The molecular formula is C16H25N3O2. The van der Waals surface area contributed by atoms with Crippen LogP contribution in [0.2, 0.25) is 0 Å². The number of nitrogens with one attached hydrogen (secondary N) is 1. The van der Waals surface area contributed by atoms with Crippen LogP contribution in [-0.2, 0) is 4.79 Å². The first-order valence-corrected chi connectivity index (χ1v) is 7.59. The number of likely N-dealkylation sites (tertiary alicyclic amines) is 1. The van der Waals surface area contributed by atoms with Crippen LogP contribution in [-0.4, -0.2) is 44.1 Å². The highest BCUT2D eigenvalue weighted by Crippen LogP contribution is 2.27. The van der Waals surface area contributed by atoms with Gasteiger partial charge >= 0.3 is 0 Å². The Labute approximate surface area is 126 Å². The Balaban J connectivity index is 2.09. The van der Waals surface area contributed by atoms with Crippen molar-refractivity contribution in [3.05, 3.63) is 29.8 Å². The summed E-state index contributed by atoms with van der Waals surface area (Å²) in [4.78, 5) is 14.1. The molecule has 5 nitrogen and oxygen atoms in total. The Morgan fingerprint density at radius 1 is 1.43 bits per heavy atom. The van der Waals surface area contributed by atoms with Gasteiger partial charge < -0.3 is 15.8 Å². The van der Waals surface area contributed by atoms with Crippen molar-refractivity contribution >= 4 is 5.91 Å². The predicted octanol–water partition coefficient (Wildman–Crippen LogP) is 1.30. The minimum atomic E-state index is 0.0181. The van der Waals surface area contributed by atoms with E-state index in [9.17, 15) is 4.79 Å². The molecule has 1 unspecified atom stereocenters. The van der Waals surface area contributed by atoms with Gasteiger partial charge in [-0.2, -0.15) is 0 Å². The van der Waals surface area contributed by atoms with Gasteiger partial charge in [-0.1, -0.05) is 12.1 Å². The topological polar surface area (TPSA) is 67.6 Å². The van der Waals surface area contributed by atoms with Gasteiger partial charge in [-0.15, -0.1) is 0 Å². The number of nitrogens with zero attached hydrogens (tertiary/aromatic N) is 1. The third-order valence-electron chi connectivity index (χ3n) is 3.92. The van der Waals surface area contributed by atoms with Gasteiger partial charge in [0.05, 0.1) is 13.2 Å². The summed E-state index contributed by atoms with van der Waals surface area (Å²) in [6.45, 7) is 3.16. The summed E-state index contributed by atoms with van der Waals surface area (Å²) in [5.74, 6) is 0.870. The van der Waals surface area contributed by atoms with Crippen LogP contribution in [0.3, 0.4) is 0 Å². The van der Waals surface area contributed by atoms with Crippen LogP contribution in [0.25, 0.3) is 0 Å². The molecule has 0 radical (unpaired) electrons. The smallest absolute Gasteiger partial charge is 0.221 e. The van der Waals surface area contributed by atoms with Gasteiger partial charge in [-0.3, -0.25) is 9.69 Å². The van der Waals surface area contributed by atoms with Crippen LogP contribution >= 0.6 is 0 Å². The van der Waals surface area contributed by atoms with E-state index >= 15 is 0 Å². The molecule has 0 aromatic heterocycles. The van der Waals surface area contributed by atoms with Crippen molar-refractivity contribution in [2.75, 3.05) is 33.3 Å². The zero-order valence-corrected chi connectivity index (χ0v) is 12.7. The Morgan fingerprint density at radius 2 is 2.19 bits per heavy atom. The fourth-order valence-electron chi connectivity index (χ4n) is 2.79. The molecule has 1 aliphatic heterocycles. The van der Waals surface area contributed by atoms with Crippen molar-refractivity contribution in [2.45, 2.75) is 25.3 Å². The van der Waals surface area contributed by atoms with Gasteiger partial charge in [-0.25, -0.2) is 0 Å². The molecule has 1 aliphatic rings. The van der Waals surface area contributed by atoms with Crippen molar-refractivity contribution in [3.8, 4) is 5.75 Å². The fraction of sp³-hybridized carbons (Fsp3) is 0.562. The summed E-state index contributed by atoms with van der Waals surface area (Å²) in [6.07, 6.45) is 2.82. The number of carbonyl (C=O) groups is 1. The molecule has 1 fully saturated rings. The van der Waals surface area contributed by atoms with E-state index in [0.29, 0.717) is 19.5 Å². The average Bonchev–Trinajstić information content (AvgIpc) is 3.02. The number of methoxy groups -OCH3 is 1. The van der Waals surface area contributed by atoms with E-state index in [1.165, 1.54) is 18.4 Å². The fourth-order valence-corrected chi connectivity index (χ4v) is 2.79. The summed E-state index contributed by atoms with van der Waals surface area (Å²) in [5, 5.41) is 3.00. The van der Waals surface area contributed by atoms with Crippen molar-refractivity contribution in [1.29, 1.82) is 0 Å². The molecule has 2 rings (SSSR count). The minimum absolute atomic E-state index is 0.0181. The van der Waals surface area contributed by atoms with E-state index in [0.717, 1.165) is 18.8 Å². The highest BCUT2D eigenvalue weighted by atomic mass is 16.5. The SMILES string of the molecule is COc1cccc(C(CNC(=O)CCN)N2CCCC2)c1. The van der Waals surface area contributed by atoms with Crippen molar-refractivity contribution in [3.63, 3.8) is 0 Å². The summed E-state index contributed by atoms with van der Waals surface area (Å²) in [5.41, 5.74) is 6.60. The largest absolute Gasteiger partial charge is 0.497 e. The third-order valence-corrected chi connectivity index (χ3v) is 3.92. The second-order valence-corrected chi connectivity index (χ2v) is 5.38. The molecular weight excluding hydrogens is 266 g/mol. The molecule has 116 valence electrons. The van der Waals surface area contributed by atoms with Gasteiger partial charge in [0, 0.05) is 19.5 Å². The lowest BCUT2D eigenvalue weighted by Gasteiger charge is -2.28. The van der Waals surface area contributed by atoms with E-state index in [1.807, 2.05) is 12.1 Å². The van der Waals surface area contributed by atoms with Crippen LogP contribution in [0.15, 0.2) is 24.3 Å². The zero-order chi connectivity index (χ0) is 15.1. The Kier molecular flexibility index (Phi) is 6.02. The maximum atomic E-state index is 11.7. The normalized spacial score (nSPS) is 16.7. The lowest BCUT2D eigenvalue weighted by molar-refractivity contribution is -0.121. The number of carbonyl (C=O) groups excluding carboxylic acids is 1. The van der Waals surface area contributed by atoms with Crippen molar-refractivity contribution < 1.29 is 9.53 Å². The molecule has 3 N–H and O–H groups in total. The van der Waals surface area contributed by atoms with E-state index in [4.69, 9.17) is 10.5 Å². The predicted molar refractivity (Wildman–Crippen MR) is 83.2 cm³/mol. The molecule has 0 saturated carbocycles. The summed E-state index contributed by atoms with van der Waals surface area (Å²) >= 11 is 0. The average molecular weight is 291 g/mol. The molecule has 1 heterocycles. The Morgan fingerprint density at radius 3 is 2.86 bits per heavy atom. The number of rotatable bonds is 7. The lowest BCUT2D eigenvalue weighted by Crippen LogP contribution is -2.37. The number of nitrogens with two attached hydrogens (primary N) is 1. The Hall–Kier alpha value is -1.59. The first-order chi connectivity index (χ1) is 10.2. The van der Waals surface area contributed by atoms with Crippen LogP contribution in [0.4, 0.5) is 0 Å². The van der Waals surface area contributed by atoms with E-state index in [1.54, 1.807) is 7.11 Å². The first kappa shape index (κ1) is 15.8. The van der Waals surface area contributed by atoms with Crippen LogP contribution in [0.5, 0.6) is 5.75 Å². The molecule has 0 aliphatic carbocycles. The number of hydrogen-bond acceptors (Lipinski definition) is 4. The Bertz CT molecular complexity index is 459. The molecule has 21 heavy (non-hydrogen) atoms. The van der Waals surface area contributed by atoms with Crippen LogP contribution in [0.1, 0.15) is 30.9 Å². The summed E-state index contributed by atoms with van der Waals surface area (Å²) in [7, 11) is 1.67. The standard InChI is InChI=1S/C16H25N3O2/c1-21-14-6-4-5-13(11-14)15(19-9-2-3-10-19)12-18-16(20)7-8-17/h4-6,11,15H,2-3,7-10,12,17H2,1H3,(H,18,20). The molecule has 1 aromatic carbocycles. The maximum absolute atomic E-state index is 11.7. The highest BCUT2D eigenvalue weighted by molar-refractivity contribution is 5.76. The minimum Gasteiger partial charge on any atom is -0.497 e. The van der Waals surface area contributed by atoms with Crippen LogP contribution < -0.4 is 15.8 Å². The summed E-state index contributed by atoms with van der Waals surface area (Å²) < 4.78 is 5.31. The van der Waals surface area contributed by atoms with Gasteiger partial charge in [0.25, 0.3) is 0 Å². The van der Waals surface area contributed by atoms with Gasteiger partial charge in [0.15, 0.2) is 0 Å². The molecule has 0 spiro atoms. The second kappa shape index (κ2) is 8.00. The first-order valence-electron chi connectivity index (χ1n) is 7.59. The molecule has 5 heteroatoms. The van der Waals surface area contributed by atoms with Crippen LogP contribution in [0, 0.1) is 0 Å². The lowest BCUT2D eigenvalue weighted by atomic mass is 10.0. The highest BCUT2D eigenvalue weighted by Gasteiger charge is 2.24. The van der Waals surface area contributed by atoms with E-state index in [2.05, 4.69) is 22.3 Å². The monoisotopic (exact) mass is 291 g/mol. The van der Waals surface area contributed by atoms with Gasteiger partial charge in [0.1, 0.15) is 5.75 Å². The number of amides is 1. The molecule has 1 atom stereocenters. The van der Waals surface area contributed by atoms with Crippen molar-refractivity contribution in [1.82, 2.24) is 10.2 Å². The molecule has 1 aromatic rings. The van der Waals surface area contributed by atoms with E-state index < -0.39 is 0 Å². The number of hydrogen-bond donors (Lipinski definition) is 2. The quantitative estimate of drug-likeness (QED) is 0.794. The number of benzene rings is 1. The van der Waals surface area contributed by atoms with Gasteiger partial charge in [0.2, 0.25) is 5.91 Å². The maximum Gasteiger partial charge on any atom is 0.221 e. The summed E-state index contributed by atoms with van der Waals surface area (Å²) in [6, 6.07) is 8.29. The van der Waals surface area contributed by atoms with Crippen molar-refractivity contribution in [2.24, 2.45) is 5.73 Å². The molecule has 1 amide bonds. The molecule has 1 saturated heterocycles. The zero-order valence-electron chi connectivity index (χ0n) is 12.7. The third kappa shape index (κ3) is 4.44. The second-order valence-electron chi connectivity index (χ2n) is 5.38. The van der Waals surface area contributed by atoms with E-state index in [-0.39, 0.29) is 11.9 Å². The number of ether oxygens (including phenoxy) is 1. The van der Waals surface area contributed by atoms with Gasteiger partial charge in [-0.05, 0) is 43.6 Å². The molecule has 0 bridgehead atoms.